The van der Waals surface area contributed by atoms with E-state index < -0.39 is 0 Å². The van der Waals surface area contributed by atoms with Crippen LogP contribution in [-0.2, 0) is 11.2 Å². The van der Waals surface area contributed by atoms with Crippen molar-refractivity contribution in [1.29, 1.82) is 0 Å². The third kappa shape index (κ3) is 1.41. The molecule has 0 bridgehead atoms. The maximum Gasteiger partial charge on any atom is 0.122 e. The molecular weight excluding hydrogens is 174 g/mol. The Kier molecular flexibility index (Phi) is 2.28. The summed E-state index contributed by atoms with van der Waals surface area (Å²) in [6.07, 6.45) is 2.59. The van der Waals surface area contributed by atoms with E-state index >= 15 is 0 Å². The Labute approximate surface area is 84.3 Å². The fourth-order valence-corrected chi connectivity index (χ4v) is 2.09. The summed E-state index contributed by atoms with van der Waals surface area (Å²) in [5, 5.41) is 3.41. The van der Waals surface area contributed by atoms with Crippen molar-refractivity contribution in [3.05, 3.63) is 28.8 Å². The van der Waals surface area contributed by atoms with Gasteiger partial charge in [0, 0.05) is 18.2 Å². The van der Waals surface area contributed by atoms with E-state index in [1.54, 1.807) is 0 Å². The van der Waals surface area contributed by atoms with Gasteiger partial charge in [0.15, 0.2) is 0 Å². The number of carbonyl (C=O) groups excluding carboxylic acids is 1. The zero-order chi connectivity index (χ0) is 10.1. The summed E-state index contributed by atoms with van der Waals surface area (Å²) in [5.74, 6) is 0. The summed E-state index contributed by atoms with van der Waals surface area (Å²) in [5.41, 5.74) is 5.24. The van der Waals surface area contributed by atoms with Crippen LogP contribution in [-0.4, -0.2) is 12.3 Å². The highest BCUT2D eigenvalue weighted by Crippen LogP contribution is 2.32. The maximum absolute atomic E-state index is 10.4. The Balaban J connectivity index is 2.33. The van der Waals surface area contributed by atoms with E-state index in [0.29, 0.717) is 12.5 Å². The topological polar surface area (TPSA) is 29.1 Å². The van der Waals surface area contributed by atoms with Gasteiger partial charge < -0.3 is 10.1 Å². The van der Waals surface area contributed by atoms with Gasteiger partial charge in [0.25, 0.3) is 0 Å². The van der Waals surface area contributed by atoms with Crippen LogP contribution in [0.25, 0.3) is 0 Å². The van der Waals surface area contributed by atoms with Crippen LogP contribution in [0.3, 0.4) is 0 Å². The van der Waals surface area contributed by atoms with Crippen molar-refractivity contribution in [1.82, 2.24) is 0 Å². The molecule has 0 aromatic heterocycles. The molecule has 1 N–H and O–H groups in total. The maximum atomic E-state index is 10.4. The van der Waals surface area contributed by atoms with Gasteiger partial charge in [-0.3, -0.25) is 0 Å². The molecule has 0 aliphatic carbocycles. The minimum atomic E-state index is 0.308. The van der Waals surface area contributed by atoms with Crippen molar-refractivity contribution in [2.75, 3.05) is 5.32 Å². The van der Waals surface area contributed by atoms with Crippen molar-refractivity contribution in [3.8, 4) is 0 Å². The molecule has 1 aliphatic rings. The lowest BCUT2D eigenvalue weighted by atomic mass is 10.0. The number of aldehydes is 1. The summed E-state index contributed by atoms with van der Waals surface area (Å²) in [6, 6.07) is 4.59. The summed E-state index contributed by atoms with van der Waals surface area (Å²) < 4.78 is 0. The van der Waals surface area contributed by atoms with E-state index in [0.717, 1.165) is 12.7 Å². The lowest BCUT2D eigenvalue weighted by Crippen LogP contribution is -2.15. The van der Waals surface area contributed by atoms with Gasteiger partial charge in [-0.15, -0.1) is 0 Å². The van der Waals surface area contributed by atoms with Crippen molar-refractivity contribution in [2.45, 2.75) is 32.7 Å². The number of rotatable bonds is 2. The number of hydrogen-bond acceptors (Lipinski definition) is 2. The molecule has 0 amide bonds. The van der Waals surface area contributed by atoms with Gasteiger partial charge in [0.2, 0.25) is 0 Å². The van der Waals surface area contributed by atoms with Crippen LogP contribution in [0.15, 0.2) is 12.1 Å². The van der Waals surface area contributed by atoms with Gasteiger partial charge in [-0.25, -0.2) is 0 Å². The monoisotopic (exact) mass is 189 g/mol. The lowest BCUT2D eigenvalue weighted by Gasteiger charge is -2.08. The highest BCUT2D eigenvalue weighted by molar-refractivity contribution is 5.66. The largest absolute Gasteiger partial charge is 0.381 e. The Bertz CT molecular complexity index is 340. The number of carbonyl (C=O) groups is 1. The molecular formula is C12H15NO. The van der Waals surface area contributed by atoms with Crippen LogP contribution >= 0.6 is 0 Å². The van der Waals surface area contributed by atoms with Crippen molar-refractivity contribution in [2.24, 2.45) is 0 Å². The molecule has 0 saturated carbocycles. The number of anilines is 1. The standard InChI is InChI=1S/C12H15NO/c1-8-3-4-9(2)12-11(8)7-10(13-12)5-6-14/h3-4,6,10,13H,5,7H2,1-2H3. The summed E-state index contributed by atoms with van der Waals surface area (Å²) in [6.45, 7) is 4.23. The molecule has 0 fully saturated rings. The normalized spacial score (nSPS) is 18.9. The number of nitrogens with one attached hydrogen (secondary N) is 1. The van der Waals surface area contributed by atoms with E-state index in [4.69, 9.17) is 0 Å². The average molecular weight is 189 g/mol. The molecule has 2 nitrogen and oxygen atoms in total. The molecule has 1 aromatic carbocycles. The second-order valence-electron chi connectivity index (χ2n) is 4.00. The molecule has 1 unspecified atom stereocenters. The zero-order valence-electron chi connectivity index (χ0n) is 8.63. The van der Waals surface area contributed by atoms with Crippen molar-refractivity contribution < 1.29 is 4.79 Å². The summed E-state index contributed by atoms with van der Waals surface area (Å²) in [7, 11) is 0. The fraction of sp³-hybridized carbons (Fsp3) is 0.417. The minimum Gasteiger partial charge on any atom is -0.381 e. The molecule has 2 heteroatoms. The van der Waals surface area contributed by atoms with E-state index in [1.807, 2.05) is 0 Å². The van der Waals surface area contributed by atoms with Crippen LogP contribution in [0.4, 0.5) is 5.69 Å². The highest BCUT2D eigenvalue weighted by Gasteiger charge is 2.22. The van der Waals surface area contributed by atoms with Gasteiger partial charge in [0.05, 0.1) is 0 Å². The molecule has 74 valence electrons. The number of benzene rings is 1. The van der Waals surface area contributed by atoms with Gasteiger partial charge in [-0.05, 0) is 37.0 Å². The Hall–Kier alpha value is -1.31. The third-order valence-corrected chi connectivity index (χ3v) is 2.94. The molecule has 1 atom stereocenters. The molecule has 1 aromatic rings. The third-order valence-electron chi connectivity index (χ3n) is 2.94. The van der Waals surface area contributed by atoms with Crippen LogP contribution in [0.1, 0.15) is 23.1 Å². The molecule has 0 spiro atoms. The Morgan fingerprint density at radius 2 is 2.14 bits per heavy atom. The second kappa shape index (κ2) is 3.45. The summed E-state index contributed by atoms with van der Waals surface area (Å²) in [4.78, 5) is 10.4. The second-order valence-corrected chi connectivity index (χ2v) is 4.00. The average Bonchev–Trinajstić information content (AvgIpc) is 2.57. The Morgan fingerprint density at radius 3 is 2.79 bits per heavy atom. The van der Waals surface area contributed by atoms with Crippen LogP contribution in [0.5, 0.6) is 0 Å². The van der Waals surface area contributed by atoms with E-state index in [-0.39, 0.29) is 0 Å². The van der Waals surface area contributed by atoms with E-state index in [2.05, 4.69) is 31.3 Å². The van der Waals surface area contributed by atoms with E-state index in [1.165, 1.54) is 22.4 Å². The van der Waals surface area contributed by atoms with Crippen LogP contribution < -0.4 is 5.32 Å². The predicted octanol–water partition coefficient (Wildman–Crippen LogP) is 2.23. The molecule has 0 radical (unpaired) electrons. The predicted molar refractivity (Wildman–Crippen MR) is 57.7 cm³/mol. The molecule has 1 heterocycles. The minimum absolute atomic E-state index is 0.308. The lowest BCUT2D eigenvalue weighted by molar-refractivity contribution is -0.108. The Morgan fingerprint density at radius 1 is 1.43 bits per heavy atom. The van der Waals surface area contributed by atoms with Gasteiger partial charge in [-0.1, -0.05) is 12.1 Å². The first-order chi connectivity index (χ1) is 6.72. The van der Waals surface area contributed by atoms with Gasteiger partial charge in [0.1, 0.15) is 6.29 Å². The van der Waals surface area contributed by atoms with Crippen LogP contribution in [0.2, 0.25) is 0 Å². The van der Waals surface area contributed by atoms with Gasteiger partial charge >= 0.3 is 0 Å². The first kappa shape index (κ1) is 9.25. The first-order valence-electron chi connectivity index (χ1n) is 5.01. The summed E-state index contributed by atoms with van der Waals surface area (Å²) >= 11 is 0. The number of fused-ring (bicyclic) bond motifs is 1. The highest BCUT2D eigenvalue weighted by atomic mass is 16.1. The molecule has 0 saturated heterocycles. The number of aryl methyl sites for hydroxylation is 2. The molecule has 14 heavy (non-hydrogen) atoms. The zero-order valence-corrected chi connectivity index (χ0v) is 8.63. The quantitative estimate of drug-likeness (QED) is 0.723. The van der Waals surface area contributed by atoms with E-state index in [9.17, 15) is 4.79 Å². The van der Waals surface area contributed by atoms with Crippen molar-refractivity contribution in [3.63, 3.8) is 0 Å². The van der Waals surface area contributed by atoms with Crippen molar-refractivity contribution >= 4 is 12.0 Å². The smallest absolute Gasteiger partial charge is 0.122 e. The SMILES string of the molecule is Cc1ccc(C)c2c1CC(CC=O)N2. The molecule has 1 aliphatic heterocycles. The fourth-order valence-electron chi connectivity index (χ4n) is 2.09. The molecule has 2 rings (SSSR count). The first-order valence-corrected chi connectivity index (χ1v) is 5.01. The number of hydrogen-bond donors (Lipinski definition) is 1. The van der Waals surface area contributed by atoms with Gasteiger partial charge in [-0.2, -0.15) is 0 Å². The van der Waals surface area contributed by atoms with Crippen LogP contribution in [0, 0.1) is 13.8 Å².